The van der Waals surface area contributed by atoms with E-state index >= 15 is 0 Å². The van der Waals surface area contributed by atoms with E-state index < -0.39 is 0 Å². The minimum atomic E-state index is 0.168. The Bertz CT molecular complexity index is 492. The van der Waals surface area contributed by atoms with Crippen LogP contribution < -0.4 is 5.32 Å². The van der Waals surface area contributed by atoms with Crippen molar-refractivity contribution in [2.45, 2.75) is 40.0 Å². The molecule has 0 atom stereocenters. The molecule has 0 unspecified atom stereocenters. The van der Waals surface area contributed by atoms with Crippen LogP contribution in [0.15, 0.2) is 18.2 Å². The van der Waals surface area contributed by atoms with E-state index in [1.54, 1.807) is 0 Å². The lowest BCUT2D eigenvalue weighted by Crippen LogP contribution is -2.32. The molecule has 1 aromatic rings. The number of hydrogen-bond acceptors (Lipinski definition) is 2. The molecule has 1 aromatic carbocycles. The number of rotatable bonds is 4. The lowest BCUT2D eigenvalue weighted by molar-refractivity contribution is 0.0770. The Hall–Kier alpha value is -1.51. The van der Waals surface area contributed by atoms with Gasteiger partial charge in [-0.3, -0.25) is 4.79 Å². The summed E-state index contributed by atoms with van der Waals surface area (Å²) in [5, 5.41) is 3.13. The van der Waals surface area contributed by atoms with Crippen LogP contribution in [-0.4, -0.2) is 30.9 Å². The van der Waals surface area contributed by atoms with Crippen LogP contribution in [0.2, 0.25) is 0 Å². The van der Waals surface area contributed by atoms with Gasteiger partial charge in [0, 0.05) is 25.8 Å². The number of hydrogen-bond donors (Lipinski definition) is 1. The SMILES string of the molecule is CCC1(CC)CCN(C(=O)c2cc(C)ccc2NC)C1. The number of carbonyl (C=O) groups is 1. The number of benzene rings is 1. The number of aryl methyl sites for hydroxylation is 1. The van der Waals surface area contributed by atoms with Crippen LogP contribution in [0.1, 0.15) is 49.0 Å². The fourth-order valence-corrected chi connectivity index (χ4v) is 3.16. The van der Waals surface area contributed by atoms with Gasteiger partial charge < -0.3 is 10.2 Å². The van der Waals surface area contributed by atoms with Crippen molar-refractivity contribution in [3.05, 3.63) is 29.3 Å². The Morgan fingerprint density at radius 1 is 1.35 bits per heavy atom. The normalized spacial score (nSPS) is 17.3. The second-order valence-corrected chi connectivity index (χ2v) is 5.98. The van der Waals surface area contributed by atoms with Crippen molar-refractivity contribution in [1.82, 2.24) is 4.90 Å². The summed E-state index contributed by atoms with van der Waals surface area (Å²) in [5.41, 5.74) is 3.18. The van der Waals surface area contributed by atoms with Crippen LogP contribution >= 0.6 is 0 Å². The number of nitrogens with one attached hydrogen (secondary N) is 1. The second kappa shape index (κ2) is 5.86. The number of nitrogens with zero attached hydrogens (tertiary/aromatic N) is 1. The summed E-state index contributed by atoms with van der Waals surface area (Å²) in [6.45, 7) is 8.29. The predicted molar refractivity (Wildman–Crippen MR) is 84.3 cm³/mol. The van der Waals surface area contributed by atoms with E-state index in [4.69, 9.17) is 0 Å². The summed E-state index contributed by atoms with van der Waals surface area (Å²) in [6, 6.07) is 6.02. The summed E-state index contributed by atoms with van der Waals surface area (Å²) >= 11 is 0. The smallest absolute Gasteiger partial charge is 0.255 e. The molecular formula is C17H26N2O. The summed E-state index contributed by atoms with van der Waals surface area (Å²) in [6.07, 6.45) is 3.44. The van der Waals surface area contributed by atoms with E-state index in [-0.39, 0.29) is 5.91 Å². The molecule has 3 nitrogen and oxygen atoms in total. The van der Waals surface area contributed by atoms with Gasteiger partial charge >= 0.3 is 0 Å². The van der Waals surface area contributed by atoms with Crippen molar-refractivity contribution >= 4 is 11.6 Å². The van der Waals surface area contributed by atoms with Gasteiger partial charge in [0.1, 0.15) is 0 Å². The van der Waals surface area contributed by atoms with E-state index in [1.807, 2.05) is 37.1 Å². The zero-order valence-electron chi connectivity index (χ0n) is 13.1. The maximum atomic E-state index is 12.8. The molecule has 1 aliphatic rings. The van der Waals surface area contributed by atoms with Gasteiger partial charge in [0.2, 0.25) is 0 Å². The Kier molecular flexibility index (Phi) is 4.36. The number of likely N-dealkylation sites (tertiary alicyclic amines) is 1. The van der Waals surface area contributed by atoms with E-state index in [2.05, 4.69) is 19.2 Å². The highest BCUT2D eigenvalue weighted by molar-refractivity contribution is 6.00. The van der Waals surface area contributed by atoms with Gasteiger partial charge in [-0.2, -0.15) is 0 Å². The minimum absolute atomic E-state index is 0.168. The fourth-order valence-electron chi connectivity index (χ4n) is 3.16. The zero-order valence-corrected chi connectivity index (χ0v) is 13.1. The second-order valence-electron chi connectivity index (χ2n) is 5.98. The van der Waals surface area contributed by atoms with Crippen molar-refractivity contribution in [2.24, 2.45) is 5.41 Å². The molecule has 0 bridgehead atoms. The molecule has 110 valence electrons. The fraction of sp³-hybridized carbons (Fsp3) is 0.588. The van der Waals surface area contributed by atoms with E-state index in [0.29, 0.717) is 5.41 Å². The molecule has 1 saturated heterocycles. The highest BCUT2D eigenvalue weighted by Crippen LogP contribution is 2.37. The molecule has 3 heteroatoms. The first kappa shape index (κ1) is 14.9. The molecule has 0 saturated carbocycles. The largest absolute Gasteiger partial charge is 0.387 e. The third kappa shape index (κ3) is 2.67. The first-order valence-corrected chi connectivity index (χ1v) is 7.63. The van der Waals surface area contributed by atoms with Gasteiger partial charge in [-0.15, -0.1) is 0 Å². The summed E-state index contributed by atoms with van der Waals surface area (Å²) < 4.78 is 0. The quantitative estimate of drug-likeness (QED) is 0.908. The third-order valence-corrected chi connectivity index (χ3v) is 4.90. The Morgan fingerprint density at radius 3 is 2.60 bits per heavy atom. The number of amides is 1. The summed E-state index contributed by atoms with van der Waals surface area (Å²) in [4.78, 5) is 14.8. The monoisotopic (exact) mass is 274 g/mol. The Labute approximate surface area is 122 Å². The van der Waals surface area contributed by atoms with Gasteiger partial charge in [0.25, 0.3) is 5.91 Å². The van der Waals surface area contributed by atoms with Crippen molar-refractivity contribution in [1.29, 1.82) is 0 Å². The van der Waals surface area contributed by atoms with Gasteiger partial charge in [0.15, 0.2) is 0 Å². The van der Waals surface area contributed by atoms with E-state index in [9.17, 15) is 4.79 Å². The lowest BCUT2D eigenvalue weighted by atomic mass is 9.82. The number of carbonyl (C=O) groups excluding carboxylic acids is 1. The minimum Gasteiger partial charge on any atom is -0.387 e. The first-order valence-electron chi connectivity index (χ1n) is 7.63. The van der Waals surface area contributed by atoms with Crippen molar-refractivity contribution in [2.75, 3.05) is 25.5 Å². The van der Waals surface area contributed by atoms with Gasteiger partial charge in [0.05, 0.1) is 5.56 Å². The lowest BCUT2D eigenvalue weighted by Gasteiger charge is -2.26. The maximum Gasteiger partial charge on any atom is 0.255 e. The van der Waals surface area contributed by atoms with Gasteiger partial charge in [-0.25, -0.2) is 0 Å². The molecule has 0 aliphatic carbocycles. The molecule has 1 amide bonds. The molecule has 2 rings (SSSR count). The van der Waals surface area contributed by atoms with Crippen LogP contribution in [0, 0.1) is 12.3 Å². The number of anilines is 1. The zero-order chi connectivity index (χ0) is 14.8. The van der Waals surface area contributed by atoms with Crippen molar-refractivity contribution < 1.29 is 4.79 Å². The molecule has 1 fully saturated rings. The molecule has 0 aromatic heterocycles. The van der Waals surface area contributed by atoms with Crippen LogP contribution in [-0.2, 0) is 0 Å². The van der Waals surface area contributed by atoms with Crippen molar-refractivity contribution in [3.63, 3.8) is 0 Å². The summed E-state index contributed by atoms with van der Waals surface area (Å²) in [7, 11) is 1.87. The molecule has 0 spiro atoms. The van der Waals surface area contributed by atoms with Gasteiger partial charge in [-0.05, 0) is 43.7 Å². The predicted octanol–water partition coefficient (Wildman–Crippen LogP) is 3.69. The van der Waals surface area contributed by atoms with Crippen LogP contribution in [0.4, 0.5) is 5.69 Å². The first-order chi connectivity index (χ1) is 9.55. The van der Waals surface area contributed by atoms with Crippen LogP contribution in [0.5, 0.6) is 0 Å². The van der Waals surface area contributed by atoms with Gasteiger partial charge in [-0.1, -0.05) is 25.5 Å². The molecule has 20 heavy (non-hydrogen) atoms. The maximum absolute atomic E-state index is 12.8. The topological polar surface area (TPSA) is 32.3 Å². The molecule has 1 N–H and O–H groups in total. The highest BCUT2D eigenvalue weighted by Gasteiger charge is 2.37. The molecular weight excluding hydrogens is 248 g/mol. The molecule has 1 heterocycles. The van der Waals surface area contributed by atoms with E-state index in [0.717, 1.165) is 49.2 Å². The highest BCUT2D eigenvalue weighted by atomic mass is 16.2. The van der Waals surface area contributed by atoms with E-state index in [1.165, 1.54) is 0 Å². The standard InChI is InChI=1S/C17H26N2O/c1-5-17(6-2)9-10-19(12-17)16(20)14-11-13(3)7-8-15(14)18-4/h7-8,11,18H,5-6,9-10,12H2,1-4H3. The van der Waals surface area contributed by atoms with Crippen LogP contribution in [0.3, 0.4) is 0 Å². The average Bonchev–Trinajstić information content (AvgIpc) is 2.91. The van der Waals surface area contributed by atoms with Crippen molar-refractivity contribution in [3.8, 4) is 0 Å². The molecule has 1 aliphatic heterocycles. The average molecular weight is 274 g/mol. The molecule has 0 radical (unpaired) electrons. The summed E-state index contributed by atoms with van der Waals surface area (Å²) in [5.74, 6) is 0.168. The third-order valence-electron chi connectivity index (χ3n) is 4.90. The Balaban J connectivity index is 2.23. The van der Waals surface area contributed by atoms with Crippen LogP contribution in [0.25, 0.3) is 0 Å². The Morgan fingerprint density at radius 2 is 2.05 bits per heavy atom.